The molecule has 0 amide bonds. The second-order valence-electron chi connectivity index (χ2n) is 6.61. The summed E-state index contributed by atoms with van der Waals surface area (Å²) in [6.45, 7) is 3.07. The van der Waals surface area contributed by atoms with Crippen molar-refractivity contribution >= 4 is 11.0 Å². The van der Waals surface area contributed by atoms with E-state index in [9.17, 15) is 25.2 Å². The molecule has 0 bridgehead atoms. The van der Waals surface area contributed by atoms with Crippen molar-refractivity contribution in [3.63, 3.8) is 0 Å². The van der Waals surface area contributed by atoms with Crippen molar-refractivity contribution in [2.75, 3.05) is 0 Å². The lowest BCUT2D eigenvalue weighted by Gasteiger charge is -2.19. The Hall–Kier alpha value is -2.99. The lowest BCUT2D eigenvalue weighted by molar-refractivity contribution is 0.0796. The molecule has 0 aliphatic rings. The fraction of sp³-hybridized carbons (Fsp3) is 0.211. The van der Waals surface area contributed by atoms with Crippen LogP contribution in [0.2, 0.25) is 0 Å². The third-order valence-corrected chi connectivity index (χ3v) is 3.91. The number of rotatable bonds is 3. The molecule has 3 rings (SSSR count). The van der Waals surface area contributed by atoms with Gasteiger partial charge in [0.05, 0.1) is 11.2 Å². The first-order valence-corrected chi connectivity index (χ1v) is 7.68. The van der Waals surface area contributed by atoms with Gasteiger partial charge in [0.15, 0.2) is 0 Å². The Morgan fingerprint density at radius 1 is 1.08 bits per heavy atom. The van der Waals surface area contributed by atoms with Gasteiger partial charge >= 0.3 is 0 Å². The van der Waals surface area contributed by atoms with Crippen molar-refractivity contribution in [3.8, 4) is 28.4 Å². The zero-order chi connectivity index (χ0) is 18.4. The van der Waals surface area contributed by atoms with Gasteiger partial charge in [-0.25, -0.2) is 0 Å². The molecule has 0 aliphatic heterocycles. The summed E-state index contributed by atoms with van der Waals surface area (Å²) in [5.41, 5.74) is -0.802. The summed E-state index contributed by atoms with van der Waals surface area (Å²) in [6, 6.07) is 7.24. The first-order chi connectivity index (χ1) is 11.7. The molecular weight excluding hydrogens is 324 g/mol. The Balaban J connectivity index is 2.27. The van der Waals surface area contributed by atoms with E-state index in [2.05, 4.69) is 0 Å². The van der Waals surface area contributed by atoms with Gasteiger partial charge in [0.1, 0.15) is 34.5 Å². The topological polar surface area (TPSA) is 111 Å². The molecule has 0 aliphatic carbocycles. The predicted molar refractivity (Wildman–Crippen MR) is 92.9 cm³/mol. The van der Waals surface area contributed by atoms with E-state index in [4.69, 9.17) is 4.42 Å². The van der Waals surface area contributed by atoms with Gasteiger partial charge in [-0.3, -0.25) is 4.79 Å². The van der Waals surface area contributed by atoms with E-state index < -0.39 is 16.8 Å². The number of aliphatic hydroxyl groups is 1. The molecule has 0 fully saturated rings. The van der Waals surface area contributed by atoms with Gasteiger partial charge < -0.3 is 24.8 Å². The Labute approximate surface area is 143 Å². The monoisotopic (exact) mass is 342 g/mol. The number of phenols is 3. The lowest BCUT2D eigenvalue weighted by Crippen LogP contribution is -2.22. The normalized spacial score (nSPS) is 11.8. The molecular formula is C19H18O6. The Kier molecular flexibility index (Phi) is 3.93. The minimum atomic E-state index is -1.18. The number of hydrogen-bond acceptors (Lipinski definition) is 6. The average molecular weight is 342 g/mol. The zero-order valence-corrected chi connectivity index (χ0v) is 13.8. The summed E-state index contributed by atoms with van der Waals surface area (Å²) < 4.78 is 5.41. The molecule has 130 valence electrons. The molecule has 4 N–H and O–H groups in total. The van der Waals surface area contributed by atoms with Gasteiger partial charge in [-0.05, 0) is 31.5 Å². The highest BCUT2D eigenvalue weighted by Crippen LogP contribution is 2.37. The van der Waals surface area contributed by atoms with Crippen molar-refractivity contribution in [2.24, 2.45) is 0 Å². The Bertz CT molecular complexity index is 994. The van der Waals surface area contributed by atoms with Crippen molar-refractivity contribution in [3.05, 3.63) is 52.4 Å². The summed E-state index contributed by atoms with van der Waals surface area (Å²) in [4.78, 5) is 12.8. The highest BCUT2D eigenvalue weighted by molar-refractivity contribution is 5.89. The van der Waals surface area contributed by atoms with E-state index in [0.717, 1.165) is 0 Å². The summed E-state index contributed by atoms with van der Waals surface area (Å²) in [5.74, 6) is -0.603. The molecule has 0 saturated heterocycles. The summed E-state index contributed by atoms with van der Waals surface area (Å²) >= 11 is 0. The van der Waals surface area contributed by atoms with Crippen LogP contribution in [0.5, 0.6) is 17.2 Å². The van der Waals surface area contributed by atoms with Gasteiger partial charge in [-0.15, -0.1) is 0 Å². The summed E-state index contributed by atoms with van der Waals surface area (Å²) in [6.07, 6.45) is 1.20. The Morgan fingerprint density at radius 2 is 1.72 bits per heavy atom. The largest absolute Gasteiger partial charge is 0.508 e. The van der Waals surface area contributed by atoms with E-state index in [1.165, 1.54) is 38.3 Å². The smallest absolute Gasteiger partial charge is 0.204 e. The van der Waals surface area contributed by atoms with Crippen molar-refractivity contribution in [2.45, 2.75) is 25.9 Å². The summed E-state index contributed by atoms with van der Waals surface area (Å²) in [5, 5.41) is 39.9. The van der Waals surface area contributed by atoms with Gasteiger partial charge in [-0.1, -0.05) is 12.1 Å². The van der Waals surface area contributed by atoms with Crippen LogP contribution in [0.15, 0.2) is 45.8 Å². The highest BCUT2D eigenvalue weighted by Gasteiger charge is 2.23. The highest BCUT2D eigenvalue weighted by atomic mass is 16.3. The quantitative estimate of drug-likeness (QED) is 0.582. The first-order valence-electron chi connectivity index (χ1n) is 7.68. The number of phenolic OH excluding ortho intramolecular Hbond substituents is 3. The van der Waals surface area contributed by atoms with Crippen LogP contribution in [0.25, 0.3) is 22.1 Å². The zero-order valence-electron chi connectivity index (χ0n) is 13.8. The predicted octanol–water partition coefficient (Wildman–Crippen LogP) is 2.89. The number of aromatic hydroxyl groups is 3. The molecule has 6 heteroatoms. The van der Waals surface area contributed by atoms with Crippen LogP contribution in [0.1, 0.15) is 19.4 Å². The summed E-state index contributed by atoms with van der Waals surface area (Å²) in [7, 11) is 0. The van der Waals surface area contributed by atoms with Gasteiger partial charge in [0.2, 0.25) is 5.43 Å². The van der Waals surface area contributed by atoms with Crippen molar-refractivity contribution in [1.82, 2.24) is 0 Å². The van der Waals surface area contributed by atoms with Gasteiger partial charge in [-0.2, -0.15) is 0 Å². The van der Waals surface area contributed by atoms with E-state index in [-0.39, 0.29) is 40.0 Å². The van der Waals surface area contributed by atoms with Crippen molar-refractivity contribution in [1.29, 1.82) is 0 Å². The molecule has 6 nitrogen and oxygen atoms in total. The second kappa shape index (κ2) is 5.82. The molecule has 3 aromatic rings. The molecule has 2 aromatic carbocycles. The minimum Gasteiger partial charge on any atom is -0.508 e. The minimum absolute atomic E-state index is 0.0382. The average Bonchev–Trinajstić information content (AvgIpc) is 2.52. The van der Waals surface area contributed by atoms with Crippen LogP contribution in [-0.4, -0.2) is 26.0 Å². The molecule has 0 radical (unpaired) electrons. The standard InChI is InChI=1S/C19H18O6/c1-19(2,24)8-12-14(21)7-15-16(17(12)22)18(23)13(9-25-15)10-3-5-11(20)6-4-10/h3-7,9,20-22,24H,8H2,1-2H3. The van der Waals surface area contributed by atoms with Crippen LogP contribution in [-0.2, 0) is 6.42 Å². The van der Waals surface area contributed by atoms with E-state index in [0.29, 0.717) is 5.56 Å². The van der Waals surface area contributed by atoms with Crippen LogP contribution >= 0.6 is 0 Å². The maximum Gasteiger partial charge on any atom is 0.204 e. The molecule has 0 saturated carbocycles. The van der Waals surface area contributed by atoms with E-state index in [1.54, 1.807) is 12.1 Å². The van der Waals surface area contributed by atoms with Gasteiger partial charge in [0, 0.05) is 18.1 Å². The fourth-order valence-electron chi connectivity index (χ4n) is 2.74. The first kappa shape index (κ1) is 16.9. The van der Waals surface area contributed by atoms with Gasteiger partial charge in [0.25, 0.3) is 0 Å². The maximum atomic E-state index is 12.8. The van der Waals surface area contributed by atoms with Crippen LogP contribution in [0.4, 0.5) is 0 Å². The SMILES string of the molecule is CC(C)(O)Cc1c(O)cc2occ(-c3ccc(O)cc3)c(=O)c2c1O. The number of benzene rings is 2. The number of fused-ring (bicyclic) bond motifs is 1. The fourth-order valence-corrected chi connectivity index (χ4v) is 2.74. The molecule has 25 heavy (non-hydrogen) atoms. The molecule has 1 heterocycles. The van der Waals surface area contributed by atoms with E-state index in [1.807, 2.05) is 0 Å². The Morgan fingerprint density at radius 3 is 2.32 bits per heavy atom. The van der Waals surface area contributed by atoms with Crippen LogP contribution < -0.4 is 5.43 Å². The lowest BCUT2D eigenvalue weighted by atomic mass is 9.95. The number of hydrogen-bond donors (Lipinski definition) is 4. The van der Waals surface area contributed by atoms with Crippen LogP contribution in [0.3, 0.4) is 0 Å². The molecule has 0 unspecified atom stereocenters. The second-order valence-corrected chi connectivity index (χ2v) is 6.61. The maximum absolute atomic E-state index is 12.8. The third kappa shape index (κ3) is 3.16. The third-order valence-electron chi connectivity index (χ3n) is 3.91. The molecule has 1 aromatic heterocycles. The molecule has 0 spiro atoms. The molecule has 0 atom stereocenters. The van der Waals surface area contributed by atoms with Crippen molar-refractivity contribution < 1.29 is 24.8 Å². The van der Waals surface area contributed by atoms with Crippen LogP contribution in [0, 0.1) is 0 Å². The van der Waals surface area contributed by atoms with E-state index >= 15 is 0 Å².